The van der Waals surface area contributed by atoms with E-state index in [1.807, 2.05) is 0 Å². The van der Waals surface area contributed by atoms with E-state index in [9.17, 15) is 14.9 Å². The molecular formula is C22H17NO5. The molecule has 3 rings (SSSR count). The summed E-state index contributed by atoms with van der Waals surface area (Å²) in [7, 11) is 0. The smallest absolute Gasteiger partial charge is 0.343 e. The third kappa shape index (κ3) is 4.62. The number of nitro benzene ring substituents is 1. The molecule has 6 heteroatoms. The van der Waals surface area contributed by atoms with Gasteiger partial charge in [0, 0.05) is 12.1 Å². The second-order valence-electron chi connectivity index (χ2n) is 5.84. The van der Waals surface area contributed by atoms with Gasteiger partial charge in [0.1, 0.15) is 18.1 Å². The van der Waals surface area contributed by atoms with Gasteiger partial charge in [-0.2, -0.15) is 0 Å². The van der Waals surface area contributed by atoms with Gasteiger partial charge in [0.05, 0.1) is 10.5 Å². The molecule has 0 aromatic heterocycles. The Morgan fingerprint density at radius 2 is 1.43 bits per heavy atom. The minimum Gasteiger partial charge on any atom is -0.490 e. The fraction of sp³-hybridized carbons (Fsp3) is 0.0455. The van der Waals surface area contributed by atoms with Crippen LogP contribution in [0, 0.1) is 10.1 Å². The first-order valence-corrected chi connectivity index (χ1v) is 8.47. The van der Waals surface area contributed by atoms with Crippen LogP contribution < -0.4 is 9.47 Å². The summed E-state index contributed by atoms with van der Waals surface area (Å²) in [6.07, 6.45) is 1.64. The van der Waals surface area contributed by atoms with Crippen LogP contribution in [0.15, 0.2) is 85.5 Å². The molecule has 0 bridgehead atoms. The van der Waals surface area contributed by atoms with Gasteiger partial charge in [-0.25, -0.2) is 4.79 Å². The summed E-state index contributed by atoms with van der Waals surface area (Å²) in [5.74, 6) is 0.574. The quantitative estimate of drug-likeness (QED) is 0.190. The Labute approximate surface area is 161 Å². The van der Waals surface area contributed by atoms with Gasteiger partial charge in [0.2, 0.25) is 0 Å². The number of hydrogen-bond donors (Lipinski definition) is 0. The maximum Gasteiger partial charge on any atom is 0.343 e. The zero-order valence-corrected chi connectivity index (χ0v) is 14.9. The van der Waals surface area contributed by atoms with Crippen molar-refractivity contribution in [1.29, 1.82) is 0 Å². The van der Waals surface area contributed by atoms with Crippen molar-refractivity contribution in [3.05, 3.63) is 101 Å². The lowest BCUT2D eigenvalue weighted by Crippen LogP contribution is -2.08. The highest BCUT2D eigenvalue weighted by molar-refractivity contribution is 5.91. The van der Waals surface area contributed by atoms with Crippen molar-refractivity contribution in [3.8, 4) is 22.6 Å². The van der Waals surface area contributed by atoms with Crippen LogP contribution in [0.5, 0.6) is 11.5 Å². The van der Waals surface area contributed by atoms with Gasteiger partial charge in [-0.05, 0) is 59.7 Å². The average Bonchev–Trinajstić information content (AvgIpc) is 2.73. The number of non-ortho nitro benzene ring substituents is 1. The molecule has 140 valence electrons. The molecule has 0 amide bonds. The average molecular weight is 375 g/mol. The minimum absolute atomic E-state index is 0.0372. The summed E-state index contributed by atoms with van der Waals surface area (Å²) in [6, 6.07) is 19.8. The molecule has 3 aromatic carbocycles. The topological polar surface area (TPSA) is 78.7 Å². The Bertz CT molecular complexity index is 977. The van der Waals surface area contributed by atoms with Crippen LogP contribution in [0.1, 0.15) is 10.4 Å². The van der Waals surface area contributed by atoms with Gasteiger partial charge in [0.15, 0.2) is 0 Å². The monoisotopic (exact) mass is 375 g/mol. The van der Waals surface area contributed by atoms with Crippen molar-refractivity contribution in [2.75, 3.05) is 6.61 Å². The van der Waals surface area contributed by atoms with Crippen molar-refractivity contribution in [2.45, 2.75) is 0 Å². The number of rotatable bonds is 7. The van der Waals surface area contributed by atoms with Crippen molar-refractivity contribution < 1.29 is 19.2 Å². The highest BCUT2D eigenvalue weighted by Gasteiger charge is 2.10. The molecule has 3 aromatic rings. The Balaban J connectivity index is 1.65. The molecule has 0 spiro atoms. The highest BCUT2D eigenvalue weighted by atomic mass is 16.6. The fourth-order valence-corrected chi connectivity index (χ4v) is 2.50. The minimum atomic E-state index is -0.474. The van der Waals surface area contributed by atoms with Crippen molar-refractivity contribution in [3.63, 3.8) is 0 Å². The first-order valence-electron chi connectivity index (χ1n) is 8.47. The number of hydrogen-bond acceptors (Lipinski definition) is 5. The second-order valence-corrected chi connectivity index (χ2v) is 5.84. The molecule has 0 N–H and O–H groups in total. The number of ether oxygens (including phenoxy) is 2. The Morgan fingerprint density at radius 3 is 1.96 bits per heavy atom. The third-order valence-corrected chi connectivity index (χ3v) is 3.93. The van der Waals surface area contributed by atoms with E-state index in [0.717, 1.165) is 11.1 Å². The van der Waals surface area contributed by atoms with E-state index in [1.54, 1.807) is 66.7 Å². The van der Waals surface area contributed by atoms with Crippen LogP contribution in [0.25, 0.3) is 11.1 Å². The first-order chi connectivity index (χ1) is 13.6. The molecule has 6 nitrogen and oxygen atoms in total. The van der Waals surface area contributed by atoms with Gasteiger partial charge in [-0.15, -0.1) is 0 Å². The Hall–Kier alpha value is -3.93. The van der Waals surface area contributed by atoms with Gasteiger partial charge >= 0.3 is 5.97 Å². The standard InChI is InChI=1S/C22H17NO5/c1-2-15-27-20-11-7-18(8-12-20)22(24)28-21-13-5-17(6-14-21)16-3-9-19(10-4-16)23(25)26/h2-14H,1,15H2. The lowest BCUT2D eigenvalue weighted by molar-refractivity contribution is -0.384. The van der Waals surface area contributed by atoms with E-state index < -0.39 is 10.9 Å². The summed E-state index contributed by atoms with van der Waals surface area (Å²) < 4.78 is 10.8. The van der Waals surface area contributed by atoms with Crippen molar-refractivity contribution in [2.24, 2.45) is 0 Å². The van der Waals surface area contributed by atoms with Gasteiger partial charge in [-0.1, -0.05) is 24.8 Å². The number of benzene rings is 3. The summed E-state index contributed by atoms with van der Waals surface area (Å²) >= 11 is 0. The first kappa shape index (κ1) is 18.8. The normalized spacial score (nSPS) is 10.1. The maximum atomic E-state index is 12.3. The van der Waals surface area contributed by atoms with E-state index in [2.05, 4.69) is 6.58 Å². The van der Waals surface area contributed by atoms with Gasteiger partial charge in [0.25, 0.3) is 5.69 Å². The van der Waals surface area contributed by atoms with E-state index in [1.165, 1.54) is 12.1 Å². The highest BCUT2D eigenvalue weighted by Crippen LogP contribution is 2.25. The number of nitrogens with zero attached hydrogens (tertiary/aromatic N) is 1. The third-order valence-electron chi connectivity index (χ3n) is 3.93. The van der Waals surface area contributed by atoms with Crippen molar-refractivity contribution >= 4 is 11.7 Å². The van der Waals surface area contributed by atoms with Gasteiger partial charge in [-0.3, -0.25) is 10.1 Å². The Kier molecular flexibility index (Phi) is 5.81. The predicted octanol–water partition coefficient (Wildman–Crippen LogP) is 5.05. The lowest BCUT2D eigenvalue weighted by atomic mass is 10.1. The summed E-state index contributed by atoms with van der Waals surface area (Å²) in [5.41, 5.74) is 2.14. The molecule has 0 aliphatic rings. The molecule has 0 aliphatic heterocycles. The predicted molar refractivity (Wildman–Crippen MR) is 106 cm³/mol. The van der Waals surface area contributed by atoms with Crippen LogP contribution in [0.3, 0.4) is 0 Å². The Morgan fingerprint density at radius 1 is 0.893 bits per heavy atom. The number of carbonyl (C=O) groups is 1. The van der Waals surface area contributed by atoms with E-state index in [0.29, 0.717) is 23.7 Å². The molecular weight excluding hydrogens is 358 g/mol. The second kappa shape index (κ2) is 8.64. The zero-order chi connectivity index (χ0) is 19.9. The van der Waals surface area contributed by atoms with E-state index >= 15 is 0 Å². The molecule has 0 saturated carbocycles. The van der Waals surface area contributed by atoms with E-state index in [-0.39, 0.29) is 5.69 Å². The molecule has 28 heavy (non-hydrogen) atoms. The van der Waals surface area contributed by atoms with Crippen LogP contribution in [-0.4, -0.2) is 17.5 Å². The number of esters is 1. The van der Waals surface area contributed by atoms with E-state index in [4.69, 9.17) is 9.47 Å². The molecule has 0 heterocycles. The SMILES string of the molecule is C=CCOc1ccc(C(=O)Oc2ccc(-c3ccc([N+](=O)[O-])cc3)cc2)cc1. The summed E-state index contributed by atoms with van der Waals surface area (Å²) in [6.45, 7) is 3.97. The number of carbonyl (C=O) groups excluding carboxylic acids is 1. The molecule has 0 atom stereocenters. The van der Waals surface area contributed by atoms with Crippen LogP contribution >= 0.6 is 0 Å². The number of nitro groups is 1. The zero-order valence-electron chi connectivity index (χ0n) is 14.9. The molecule has 0 fully saturated rings. The largest absolute Gasteiger partial charge is 0.490 e. The maximum absolute atomic E-state index is 12.3. The summed E-state index contributed by atoms with van der Waals surface area (Å²) in [5, 5.41) is 10.7. The molecule has 0 saturated heterocycles. The van der Waals surface area contributed by atoms with Crippen LogP contribution in [-0.2, 0) is 0 Å². The lowest BCUT2D eigenvalue weighted by Gasteiger charge is -2.07. The summed E-state index contributed by atoms with van der Waals surface area (Å²) in [4.78, 5) is 22.5. The van der Waals surface area contributed by atoms with Crippen LogP contribution in [0.4, 0.5) is 5.69 Å². The van der Waals surface area contributed by atoms with Crippen molar-refractivity contribution in [1.82, 2.24) is 0 Å². The fourth-order valence-electron chi connectivity index (χ4n) is 2.50. The molecule has 0 radical (unpaired) electrons. The molecule has 0 aliphatic carbocycles. The van der Waals surface area contributed by atoms with Gasteiger partial charge < -0.3 is 9.47 Å². The van der Waals surface area contributed by atoms with Crippen LogP contribution in [0.2, 0.25) is 0 Å². The molecule has 0 unspecified atom stereocenters.